The predicted octanol–water partition coefficient (Wildman–Crippen LogP) is 2.28. The molecule has 2 N–H and O–H groups in total. The summed E-state index contributed by atoms with van der Waals surface area (Å²) in [5.74, 6) is -0.410. The zero-order chi connectivity index (χ0) is 17.9. The number of amides is 4. The molecule has 1 saturated carbocycles. The van der Waals surface area contributed by atoms with Crippen LogP contribution in [0.15, 0.2) is 22.8 Å². The molecule has 1 aromatic heterocycles. The summed E-state index contributed by atoms with van der Waals surface area (Å²) < 4.78 is 5.28. The maximum absolute atomic E-state index is 12.7. The van der Waals surface area contributed by atoms with E-state index in [1.807, 2.05) is 0 Å². The lowest BCUT2D eigenvalue weighted by atomic mass is 9.96. The first-order valence-electron chi connectivity index (χ1n) is 8.98. The number of imide groups is 1. The van der Waals surface area contributed by atoms with E-state index < -0.39 is 17.5 Å². The van der Waals surface area contributed by atoms with Crippen molar-refractivity contribution < 1.29 is 18.8 Å². The van der Waals surface area contributed by atoms with Gasteiger partial charge in [0.2, 0.25) is 5.91 Å². The molecule has 0 bridgehead atoms. The molecule has 2 aliphatic rings. The van der Waals surface area contributed by atoms with E-state index in [2.05, 4.69) is 10.6 Å². The Bertz CT molecular complexity index is 635. The maximum Gasteiger partial charge on any atom is 0.325 e. The number of nitrogens with one attached hydrogen (secondary N) is 2. The van der Waals surface area contributed by atoms with Crippen LogP contribution in [-0.4, -0.2) is 35.3 Å². The molecule has 136 valence electrons. The highest BCUT2D eigenvalue weighted by molar-refractivity contribution is 6.08. The van der Waals surface area contributed by atoms with E-state index in [-0.39, 0.29) is 18.5 Å². The largest absolute Gasteiger partial charge is 0.466 e. The Morgan fingerprint density at radius 3 is 2.60 bits per heavy atom. The Balaban J connectivity index is 1.61. The molecule has 0 spiro atoms. The molecule has 0 radical (unpaired) electrons. The molecule has 0 unspecified atom stereocenters. The van der Waals surface area contributed by atoms with Crippen molar-refractivity contribution >= 4 is 17.8 Å². The van der Waals surface area contributed by atoms with Crippen molar-refractivity contribution in [1.29, 1.82) is 0 Å². The predicted molar refractivity (Wildman–Crippen MR) is 90.6 cm³/mol. The summed E-state index contributed by atoms with van der Waals surface area (Å²) in [6.45, 7) is 1.32. The van der Waals surface area contributed by atoms with Crippen molar-refractivity contribution in [2.24, 2.45) is 0 Å². The molecule has 3 rings (SSSR count). The van der Waals surface area contributed by atoms with Crippen LogP contribution in [0.3, 0.4) is 0 Å². The van der Waals surface area contributed by atoms with E-state index in [4.69, 9.17) is 4.42 Å². The molecular weight excluding hydrogens is 322 g/mol. The summed E-state index contributed by atoms with van der Waals surface area (Å²) in [6, 6.07) is 2.85. The maximum atomic E-state index is 12.7. The fourth-order valence-electron chi connectivity index (χ4n) is 3.59. The highest BCUT2D eigenvalue weighted by Gasteiger charge is 2.51. The molecule has 1 aromatic rings. The van der Waals surface area contributed by atoms with Crippen molar-refractivity contribution in [2.75, 3.05) is 6.54 Å². The molecule has 0 aromatic carbocycles. The molecular formula is C18H25N3O4. The van der Waals surface area contributed by atoms with E-state index in [1.54, 1.807) is 19.1 Å². The molecule has 7 nitrogen and oxygen atoms in total. The minimum atomic E-state index is -1.26. The minimum Gasteiger partial charge on any atom is -0.466 e. The summed E-state index contributed by atoms with van der Waals surface area (Å²) in [6.07, 6.45) is 9.21. The van der Waals surface area contributed by atoms with Crippen LogP contribution < -0.4 is 10.6 Å². The molecule has 7 heteroatoms. The number of nitrogens with zero attached hydrogens (tertiary/aromatic N) is 1. The first-order chi connectivity index (χ1) is 12.0. The van der Waals surface area contributed by atoms with Gasteiger partial charge in [-0.2, -0.15) is 0 Å². The zero-order valence-corrected chi connectivity index (χ0v) is 14.5. The van der Waals surface area contributed by atoms with Gasteiger partial charge in [-0.05, 0) is 31.9 Å². The Hall–Kier alpha value is -2.31. The smallest absolute Gasteiger partial charge is 0.325 e. The number of rotatable bonds is 4. The number of carbonyl (C=O) groups excluding carboxylic acids is 3. The van der Waals surface area contributed by atoms with Crippen LogP contribution in [0.5, 0.6) is 0 Å². The molecule has 2 fully saturated rings. The van der Waals surface area contributed by atoms with E-state index in [9.17, 15) is 14.4 Å². The van der Waals surface area contributed by atoms with Gasteiger partial charge in [0.05, 0.1) is 6.26 Å². The summed E-state index contributed by atoms with van der Waals surface area (Å²) in [7, 11) is 0. The number of carbonyl (C=O) groups is 3. The van der Waals surface area contributed by atoms with Gasteiger partial charge in [0.1, 0.15) is 12.3 Å². The second kappa shape index (κ2) is 7.29. The molecule has 25 heavy (non-hydrogen) atoms. The van der Waals surface area contributed by atoms with Crippen molar-refractivity contribution in [1.82, 2.24) is 15.5 Å². The highest BCUT2D eigenvalue weighted by atomic mass is 16.3. The summed E-state index contributed by atoms with van der Waals surface area (Å²) >= 11 is 0. The number of hydrogen-bond donors (Lipinski definition) is 2. The topological polar surface area (TPSA) is 91.7 Å². The van der Waals surface area contributed by atoms with Gasteiger partial charge in [-0.1, -0.05) is 32.1 Å². The minimum absolute atomic E-state index is 0.130. The van der Waals surface area contributed by atoms with Gasteiger partial charge in [-0.3, -0.25) is 14.5 Å². The molecule has 1 atom stereocenters. The molecule has 1 aliphatic heterocycles. The van der Waals surface area contributed by atoms with Crippen molar-refractivity contribution in [3.8, 4) is 0 Å². The molecule has 2 heterocycles. The fraction of sp³-hybridized carbons (Fsp3) is 0.611. The standard InChI is InChI=1S/C18H25N3O4/c1-18(14-10-7-11-25-14)16(23)21(17(24)20-18)12-15(22)19-13-8-5-3-2-4-6-9-13/h7,10-11,13H,2-6,8-9,12H2,1H3,(H,19,22)(H,20,24)/t18-/m1/s1. The van der Waals surface area contributed by atoms with Crippen LogP contribution in [0.2, 0.25) is 0 Å². The van der Waals surface area contributed by atoms with Gasteiger partial charge in [0, 0.05) is 6.04 Å². The lowest BCUT2D eigenvalue weighted by Gasteiger charge is -2.22. The van der Waals surface area contributed by atoms with E-state index in [0.29, 0.717) is 5.76 Å². The number of hydrogen-bond acceptors (Lipinski definition) is 4. The summed E-state index contributed by atoms with van der Waals surface area (Å²) in [5.41, 5.74) is -1.26. The summed E-state index contributed by atoms with van der Waals surface area (Å²) in [5, 5.41) is 5.60. The fourth-order valence-corrected chi connectivity index (χ4v) is 3.59. The Morgan fingerprint density at radius 2 is 1.96 bits per heavy atom. The van der Waals surface area contributed by atoms with Gasteiger partial charge < -0.3 is 15.1 Å². The highest BCUT2D eigenvalue weighted by Crippen LogP contribution is 2.28. The average molecular weight is 347 g/mol. The normalized spacial score (nSPS) is 25.4. The Morgan fingerprint density at radius 1 is 1.28 bits per heavy atom. The van der Waals surface area contributed by atoms with Crippen molar-refractivity contribution in [3.05, 3.63) is 24.2 Å². The Labute approximate surface area is 147 Å². The van der Waals surface area contributed by atoms with Crippen LogP contribution in [0.4, 0.5) is 4.79 Å². The van der Waals surface area contributed by atoms with Crippen LogP contribution in [0, 0.1) is 0 Å². The number of urea groups is 1. The van der Waals surface area contributed by atoms with Crippen LogP contribution in [0.25, 0.3) is 0 Å². The first-order valence-corrected chi connectivity index (χ1v) is 8.98. The third-order valence-corrected chi connectivity index (χ3v) is 5.06. The van der Waals surface area contributed by atoms with Gasteiger partial charge in [0.15, 0.2) is 5.54 Å². The lowest BCUT2D eigenvalue weighted by molar-refractivity contribution is -0.135. The second-order valence-electron chi connectivity index (χ2n) is 7.03. The van der Waals surface area contributed by atoms with Gasteiger partial charge in [-0.25, -0.2) is 4.79 Å². The van der Waals surface area contributed by atoms with Crippen LogP contribution >= 0.6 is 0 Å². The quantitative estimate of drug-likeness (QED) is 0.818. The third-order valence-electron chi connectivity index (χ3n) is 5.06. The van der Waals surface area contributed by atoms with E-state index in [0.717, 1.165) is 30.6 Å². The Kier molecular flexibility index (Phi) is 5.11. The zero-order valence-electron chi connectivity index (χ0n) is 14.5. The SMILES string of the molecule is C[C@]1(c2ccco2)NC(=O)N(CC(=O)NC2CCCCCCC2)C1=O. The van der Waals surface area contributed by atoms with E-state index in [1.165, 1.54) is 25.5 Å². The monoisotopic (exact) mass is 347 g/mol. The van der Waals surface area contributed by atoms with Crippen LogP contribution in [0.1, 0.15) is 57.6 Å². The third kappa shape index (κ3) is 3.70. The van der Waals surface area contributed by atoms with Gasteiger partial charge in [0.25, 0.3) is 5.91 Å². The van der Waals surface area contributed by atoms with E-state index >= 15 is 0 Å². The summed E-state index contributed by atoms with van der Waals surface area (Å²) in [4.78, 5) is 38.2. The average Bonchev–Trinajstić information content (AvgIpc) is 3.15. The second-order valence-corrected chi connectivity index (χ2v) is 7.03. The molecule has 1 aliphatic carbocycles. The van der Waals surface area contributed by atoms with Crippen LogP contribution in [-0.2, 0) is 15.1 Å². The lowest BCUT2D eigenvalue weighted by Crippen LogP contribution is -2.45. The molecule has 4 amide bonds. The van der Waals surface area contributed by atoms with Crippen molar-refractivity contribution in [2.45, 2.75) is 63.5 Å². The van der Waals surface area contributed by atoms with Gasteiger partial charge in [-0.15, -0.1) is 0 Å². The van der Waals surface area contributed by atoms with Gasteiger partial charge >= 0.3 is 6.03 Å². The van der Waals surface area contributed by atoms with Crippen molar-refractivity contribution in [3.63, 3.8) is 0 Å². The first kappa shape index (κ1) is 17.5. The number of furan rings is 1. The molecule has 1 saturated heterocycles.